The van der Waals surface area contributed by atoms with Crippen LogP contribution in [0.15, 0.2) is 47.3 Å². The van der Waals surface area contributed by atoms with E-state index in [2.05, 4.69) is 9.97 Å². The van der Waals surface area contributed by atoms with E-state index in [0.29, 0.717) is 18.1 Å². The molecule has 1 aromatic carbocycles. The molecule has 2 heterocycles. The molecule has 100 valence electrons. The van der Waals surface area contributed by atoms with Crippen LogP contribution in [0.25, 0.3) is 11.0 Å². The molecule has 5 heteroatoms. The number of benzene rings is 1. The van der Waals surface area contributed by atoms with Crippen LogP contribution in [0.1, 0.15) is 11.4 Å². The molecule has 2 aromatic heterocycles. The second kappa shape index (κ2) is 4.77. The van der Waals surface area contributed by atoms with Gasteiger partial charge in [-0.05, 0) is 31.2 Å². The summed E-state index contributed by atoms with van der Waals surface area (Å²) in [4.78, 5) is 20.9. The van der Waals surface area contributed by atoms with Gasteiger partial charge in [0.15, 0.2) is 0 Å². The van der Waals surface area contributed by atoms with Crippen molar-refractivity contribution in [3.05, 3.63) is 64.2 Å². The zero-order valence-electron chi connectivity index (χ0n) is 11.1. The maximum atomic E-state index is 12.3. The molecule has 0 aliphatic heterocycles. The lowest BCUT2D eigenvalue weighted by Gasteiger charge is -2.10. The minimum atomic E-state index is -0.104. The van der Waals surface area contributed by atoms with Gasteiger partial charge in [0.25, 0.3) is 5.56 Å². The minimum absolute atomic E-state index is 0.104. The summed E-state index contributed by atoms with van der Waals surface area (Å²) < 4.78 is 1.68. The fourth-order valence-corrected chi connectivity index (χ4v) is 2.23. The Kier molecular flexibility index (Phi) is 2.95. The average Bonchev–Trinajstić information content (AvgIpc) is 2.44. The van der Waals surface area contributed by atoms with Crippen LogP contribution < -0.4 is 11.3 Å². The van der Waals surface area contributed by atoms with Gasteiger partial charge < -0.3 is 5.73 Å². The normalized spacial score (nSPS) is 10.8. The van der Waals surface area contributed by atoms with E-state index < -0.39 is 0 Å². The Morgan fingerprint density at radius 3 is 2.70 bits per heavy atom. The van der Waals surface area contributed by atoms with Crippen molar-refractivity contribution >= 4 is 16.9 Å². The summed E-state index contributed by atoms with van der Waals surface area (Å²) in [6.07, 6.45) is 0. The molecule has 3 aromatic rings. The van der Waals surface area contributed by atoms with Crippen molar-refractivity contribution in [3.63, 3.8) is 0 Å². The average molecular weight is 266 g/mol. The third-order valence-corrected chi connectivity index (χ3v) is 3.16. The molecule has 0 unspecified atom stereocenters. The fraction of sp³-hybridized carbons (Fsp3) is 0.133. The highest BCUT2D eigenvalue weighted by Crippen LogP contribution is 2.11. The van der Waals surface area contributed by atoms with Gasteiger partial charge in [0.2, 0.25) is 0 Å². The molecule has 0 radical (unpaired) electrons. The number of nitrogens with zero attached hydrogens (tertiary/aromatic N) is 3. The largest absolute Gasteiger partial charge is 0.384 e. The lowest BCUT2D eigenvalue weighted by Crippen LogP contribution is -2.25. The summed E-state index contributed by atoms with van der Waals surface area (Å²) in [5.41, 5.74) is 8.41. The molecule has 0 atom stereocenters. The number of hydrogen-bond acceptors (Lipinski definition) is 4. The number of aryl methyl sites for hydroxylation is 1. The minimum Gasteiger partial charge on any atom is -0.384 e. The Morgan fingerprint density at radius 2 is 1.90 bits per heavy atom. The van der Waals surface area contributed by atoms with Gasteiger partial charge in [-0.2, -0.15) is 0 Å². The lowest BCUT2D eigenvalue weighted by atomic mass is 10.2. The smallest absolute Gasteiger partial charge is 0.272 e. The third kappa shape index (κ3) is 2.14. The first-order valence-corrected chi connectivity index (χ1v) is 6.33. The molecule has 0 spiro atoms. The van der Waals surface area contributed by atoms with E-state index in [9.17, 15) is 4.79 Å². The summed E-state index contributed by atoms with van der Waals surface area (Å²) >= 11 is 0. The van der Waals surface area contributed by atoms with Crippen LogP contribution in [0.4, 0.5) is 5.82 Å². The first-order chi connectivity index (χ1) is 9.65. The maximum absolute atomic E-state index is 12.3. The summed E-state index contributed by atoms with van der Waals surface area (Å²) in [7, 11) is 0. The summed E-state index contributed by atoms with van der Waals surface area (Å²) in [6, 6.07) is 13.0. The molecule has 3 rings (SSSR count). The van der Waals surface area contributed by atoms with E-state index in [1.807, 2.05) is 36.4 Å². The second-order valence-corrected chi connectivity index (χ2v) is 4.63. The third-order valence-electron chi connectivity index (χ3n) is 3.16. The Labute approximate surface area is 115 Å². The van der Waals surface area contributed by atoms with E-state index in [-0.39, 0.29) is 5.56 Å². The van der Waals surface area contributed by atoms with Crippen molar-refractivity contribution in [2.45, 2.75) is 13.5 Å². The van der Waals surface area contributed by atoms with Crippen LogP contribution in [0, 0.1) is 6.92 Å². The van der Waals surface area contributed by atoms with Crippen molar-refractivity contribution in [1.82, 2.24) is 14.5 Å². The fourth-order valence-electron chi connectivity index (χ4n) is 2.23. The molecule has 0 aliphatic rings. The van der Waals surface area contributed by atoms with Crippen molar-refractivity contribution in [2.24, 2.45) is 0 Å². The van der Waals surface area contributed by atoms with Crippen LogP contribution in [0.5, 0.6) is 0 Å². The second-order valence-electron chi connectivity index (χ2n) is 4.63. The number of aromatic nitrogens is 3. The van der Waals surface area contributed by atoms with Crippen LogP contribution in [-0.2, 0) is 6.54 Å². The van der Waals surface area contributed by atoms with Gasteiger partial charge in [-0.1, -0.05) is 18.2 Å². The van der Waals surface area contributed by atoms with Gasteiger partial charge in [-0.15, -0.1) is 0 Å². The van der Waals surface area contributed by atoms with Crippen molar-refractivity contribution in [1.29, 1.82) is 0 Å². The summed E-state index contributed by atoms with van der Waals surface area (Å²) in [5, 5.41) is 0. The van der Waals surface area contributed by atoms with Gasteiger partial charge in [-0.25, -0.2) is 9.97 Å². The maximum Gasteiger partial charge on any atom is 0.272 e. The van der Waals surface area contributed by atoms with Crippen molar-refractivity contribution < 1.29 is 0 Å². The van der Waals surface area contributed by atoms with Gasteiger partial charge in [0, 0.05) is 0 Å². The lowest BCUT2D eigenvalue weighted by molar-refractivity contribution is 0.757. The highest BCUT2D eigenvalue weighted by molar-refractivity contribution is 5.74. The highest BCUT2D eigenvalue weighted by Gasteiger charge is 2.08. The van der Waals surface area contributed by atoms with E-state index in [0.717, 1.165) is 16.7 Å². The van der Waals surface area contributed by atoms with Crippen LogP contribution in [0.2, 0.25) is 0 Å². The summed E-state index contributed by atoms with van der Waals surface area (Å²) in [6.45, 7) is 2.10. The molecule has 20 heavy (non-hydrogen) atoms. The number of hydrogen-bond donors (Lipinski definition) is 1. The zero-order valence-corrected chi connectivity index (χ0v) is 11.1. The number of fused-ring (bicyclic) bond motifs is 1. The van der Waals surface area contributed by atoms with Crippen LogP contribution in [-0.4, -0.2) is 14.5 Å². The SMILES string of the molecule is Cc1nc2ccccc2n(Cc2cccc(N)n2)c1=O. The van der Waals surface area contributed by atoms with Gasteiger partial charge >= 0.3 is 0 Å². The standard InChI is InChI=1S/C15H14N4O/c1-10-15(20)19(9-11-5-4-8-14(16)18-11)13-7-3-2-6-12(13)17-10/h2-8H,9H2,1H3,(H2,16,18). The molecule has 2 N–H and O–H groups in total. The quantitative estimate of drug-likeness (QED) is 0.766. The Bertz CT molecular complexity index is 839. The number of para-hydroxylation sites is 2. The van der Waals surface area contributed by atoms with Crippen LogP contribution >= 0.6 is 0 Å². The van der Waals surface area contributed by atoms with Gasteiger partial charge in [0.05, 0.1) is 23.3 Å². The highest BCUT2D eigenvalue weighted by atomic mass is 16.1. The van der Waals surface area contributed by atoms with E-state index in [1.54, 1.807) is 17.6 Å². The number of nitrogen functional groups attached to an aromatic ring is 1. The van der Waals surface area contributed by atoms with Crippen molar-refractivity contribution in [3.8, 4) is 0 Å². The Balaban J connectivity index is 2.20. The molecular formula is C15H14N4O. The number of pyridine rings is 1. The molecule has 0 bridgehead atoms. The van der Waals surface area contributed by atoms with E-state index in [1.165, 1.54) is 0 Å². The molecular weight excluding hydrogens is 252 g/mol. The Hall–Kier alpha value is -2.69. The predicted octanol–water partition coefficient (Wildman–Crippen LogP) is 1.73. The number of anilines is 1. The van der Waals surface area contributed by atoms with Gasteiger partial charge in [-0.3, -0.25) is 9.36 Å². The summed E-state index contributed by atoms with van der Waals surface area (Å²) in [5.74, 6) is 0.450. The zero-order chi connectivity index (χ0) is 14.1. The van der Waals surface area contributed by atoms with Crippen molar-refractivity contribution in [2.75, 3.05) is 5.73 Å². The molecule has 0 fully saturated rings. The first kappa shape index (κ1) is 12.3. The topological polar surface area (TPSA) is 73.8 Å². The van der Waals surface area contributed by atoms with E-state index in [4.69, 9.17) is 5.73 Å². The number of rotatable bonds is 2. The monoisotopic (exact) mass is 266 g/mol. The molecule has 5 nitrogen and oxygen atoms in total. The van der Waals surface area contributed by atoms with Crippen LogP contribution in [0.3, 0.4) is 0 Å². The molecule has 0 aliphatic carbocycles. The van der Waals surface area contributed by atoms with Gasteiger partial charge in [0.1, 0.15) is 11.5 Å². The molecule has 0 amide bonds. The predicted molar refractivity (Wildman–Crippen MR) is 78.5 cm³/mol. The van der Waals surface area contributed by atoms with E-state index >= 15 is 0 Å². The molecule has 0 saturated heterocycles. The molecule has 0 saturated carbocycles. The first-order valence-electron chi connectivity index (χ1n) is 6.33. The number of nitrogens with two attached hydrogens (primary N) is 1. The Morgan fingerprint density at radius 1 is 1.10 bits per heavy atom.